The molecule has 0 aliphatic heterocycles. The molecule has 8 heteroatoms. The number of aliphatic hydroxyl groups is 1. The predicted octanol–water partition coefficient (Wildman–Crippen LogP) is 5.57. The molecule has 3 unspecified atom stereocenters. The van der Waals surface area contributed by atoms with Gasteiger partial charge in [-0.3, -0.25) is 4.79 Å². The normalized spacial score (nSPS) is 30.9. The van der Waals surface area contributed by atoms with Gasteiger partial charge >= 0.3 is 0 Å². The Morgan fingerprint density at radius 1 is 1.15 bits per heavy atom. The summed E-state index contributed by atoms with van der Waals surface area (Å²) in [7, 11) is -3.81. The first-order valence-electron chi connectivity index (χ1n) is 11.8. The highest BCUT2D eigenvalue weighted by atomic mass is 35.5. The lowest BCUT2D eigenvalue weighted by Gasteiger charge is -2.40. The summed E-state index contributed by atoms with van der Waals surface area (Å²) in [5.41, 5.74) is 0.368. The lowest BCUT2D eigenvalue weighted by molar-refractivity contribution is -0.0466. The lowest BCUT2D eigenvalue weighted by Crippen LogP contribution is -2.46. The molecule has 3 aliphatic carbocycles. The van der Waals surface area contributed by atoms with Crippen LogP contribution < -0.4 is 5.32 Å². The minimum absolute atomic E-state index is 0.0572. The van der Waals surface area contributed by atoms with Crippen molar-refractivity contribution in [3.8, 4) is 0 Å². The lowest BCUT2D eigenvalue weighted by atomic mass is 9.74. The third-order valence-corrected chi connectivity index (χ3v) is 10.8. The van der Waals surface area contributed by atoms with Crippen LogP contribution in [0.25, 0.3) is 0 Å². The Kier molecular flexibility index (Phi) is 5.81. The first kappa shape index (κ1) is 23.8. The number of anilines is 1. The molecule has 2 aromatic carbocycles. The molecule has 1 amide bonds. The Morgan fingerprint density at radius 2 is 1.88 bits per heavy atom. The Balaban J connectivity index is 1.39. The summed E-state index contributed by atoms with van der Waals surface area (Å²) in [6.07, 6.45) is 3.43. The maximum atomic E-state index is 14.0. The van der Waals surface area contributed by atoms with Crippen LogP contribution in [0.5, 0.6) is 0 Å². The standard InChI is InChI=1S/C26H29ClFNO4S/c1-14-9-17-11-19(13-21(14)26(17,2)31)34(32,33)24-10-16(5-7-22(24)27)25(30)29-18-6-8-23(28)20(12-18)15-3-4-15/h5-8,10,12,14-15,17,19,21,31H,3-4,9,11,13H2,1-2H3,(H,29,30)/t14-,17?,19?,21?,26+/m0/s1. The fourth-order valence-corrected chi connectivity index (χ4v) is 8.44. The van der Waals surface area contributed by atoms with Crippen molar-refractivity contribution < 1.29 is 22.7 Å². The average molecular weight is 506 g/mol. The highest BCUT2D eigenvalue weighted by Gasteiger charge is 2.56. The number of nitrogens with one attached hydrogen (secondary N) is 1. The number of sulfone groups is 1. The molecule has 3 saturated carbocycles. The van der Waals surface area contributed by atoms with Crippen LogP contribution in [0.4, 0.5) is 10.1 Å². The maximum absolute atomic E-state index is 14.0. The summed E-state index contributed by atoms with van der Waals surface area (Å²) in [5, 5.41) is 13.1. The van der Waals surface area contributed by atoms with E-state index in [9.17, 15) is 22.7 Å². The van der Waals surface area contributed by atoms with Gasteiger partial charge in [0.2, 0.25) is 0 Å². The van der Waals surface area contributed by atoms with Crippen LogP contribution in [0.15, 0.2) is 41.3 Å². The van der Waals surface area contributed by atoms with Crippen LogP contribution in [0, 0.1) is 23.6 Å². The Labute approximate surface area is 204 Å². The molecular weight excluding hydrogens is 477 g/mol. The zero-order chi connectivity index (χ0) is 24.4. The number of fused-ring (bicyclic) bond motifs is 2. The largest absolute Gasteiger partial charge is 0.390 e. The molecule has 5 nitrogen and oxygen atoms in total. The number of hydrogen-bond acceptors (Lipinski definition) is 4. The molecule has 3 fully saturated rings. The van der Waals surface area contributed by atoms with E-state index in [0.29, 0.717) is 24.1 Å². The van der Waals surface area contributed by atoms with E-state index in [2.05, 4.69) is 12.2 Å². The third-order valence-electron chi connectivity index (χ3n) is 8.19. The average Bonchev–Trinajstić information content (AvgIpc) is 3.60. The summed E-state index contributed by atoms with van der Waals surface area (Å²) < 4.78 is 41.3. The molecule has 182 valence electrons. The van der Waals surface area contributed by atoms with E-state index in [1.165, 1.54) is 30.3 Å². The van der Waals surface area contributed by atoms with Crippen LogP contribution in [0.3, 0.4) is 0 Å². The molecule has 5 atom stereocenters. The molecule has 0 radical (unpaired) electrons. The van der Waals surface area contributed by atoms with Gasteiger partial charge in [0, 0.05) is 11.3 Å². The molecule has 0 heterocycles. The van der Waals surface area contributed by atoms with E-state index in [4.69, 9.17) is 11.6 Å². The molecule has 3 aliphatic rings. The highest BCUT2D eigenvalue weighted by molar-refractivity contribution is 7.92. The number of hydrogen-bond donors (Lipinski definition) is 2. The Bertz CT molecular complexity index is 1260. The Morgan fingerprint density at radius 3 is 2.56 bits per heavy atom. The van der Waals surface area contributed by atoms with Gasteiger partial charge in [0.25, 0.3) is 5.91 Å². The number of rotatable bonds is 5. The second kappa shape index (κ2) is 8.32. The smallest absolute Gasteiger partial charge is 0.255 e. The van der Waals surface area contributed by atoms with Gasteiger partial charge in [-0.15, -0.1) is 0 Å². The van der Waals surface area contributed by atoms with Crippen molar-refractivity contribution in [1.29, 1.82) is 0 Å². The number of carbonyl (C=O) groups is 1. The minimum Gasteiger partial charge on any atom is -0.390 e. The van der Waals surface area contributed by atoms with E-state index in [1.807, 2.05) is 6.92 Å². The molecule has 0 saturated heterocycles. The van der Waals surface area contributed by atoms with Gasteiger partial charge in [-0.25, -0.2) is 12.8 Å². The quantitative estimate of drug-likeness (QED) is 0.556. The van der Waals surface area contributed by atoms with Crippen molar-refractivity contribution in [1.82, 2.24) is 0 Å². The van der Waals surface area contributed by atoms with E-state index in [1.54, 1.807) is 6.07 Å². The molecule has 2 N–H and O–H groups in total. The van der Waals surface area contributed by atoms with Gasteiger partial charge in [0.1, 0.15) is 5.82 Å². The number of amides is 1. The monoisotopic (exact) mass is 505 g/mol. The topological polar surface area (TPSA) is 83.5 Å². The summed E-state index contributed by atoms with van der Waals surface area (Å²) in [6.45, 7) is 3.88. The first-order chi connectivity index (χ1) is 16.0. The van der Waals surface area contributed by atoms with Crippen LogP contribution in [0.2, 0.25) is 5.02 Å². The van der Waals surface area contributed by atoms with E-state index >= 15 is 0 Å². The maximum Gasteiger partial charge on any atom is 0.255 e. The summed E-state index contributed by atoms with van der Waals surface area (Å²) in [6, 6.07) is 8.73. The van der Waals surface area contributed by atoms with Gasteiger partial charge in [0.05, 0.1) is 20.8 Å². The van der Waals surface area contributed by atoms with Crippen LogP contribution in [0.1, 0.15) is 67.8 Å². The second-order valence-electron chi connectivity index (χ2n) is 10.5. The molecule has 0 spiro atoms. The predicted molar refractivity (Wildman–Crippen MR) is 129 cm³/mol. The van der Waals surface area contributed by atoms with Gasteiger partial charge in [0.15, 0.2) is 9.84 Å². The minimum atomic E-state index is -3.81. The van der Waals surface area contributed by atoms with Crippen molar-refractivity contribution in [2.45, 2.75) is 67.6 Å². The summed E-state index contributed by atoms with van der Waals surface area (Å²) >= 11 is 6.32. The van der Waals surface area contributed by atoms with Crippen LogP contribution in [-0.4, -0.2) is 30.3 Å². The molecule has 34 heavy (non-hydrogen) atoms. The molecule has 5 rings (SSSR count). The van der Waals surface area contributed by atoms with E-state index < -0.39 is 26.6 Å². The molecular formula is C26H29ClFNO4S. The van der Waals surface area contributed by atoms with Crippen LogP contribution in [-0.2, 0) is 9.84 Å². The highest BCUT2D eigenvalue weighted by Crippen LogP contribution is 2.54. The first-order valence-corrected chi connectivity index (χ1v) is 13.8. The van der Waals surface area contributed by atoms with E-state index in [-0.39, 0.29) is 45.0 Å². The van der Waals surface area contributed by atoms with Gasteiger partial charge in [-0.1, -0.05) is 18.5 Å². The number of carbonyl (C=O) groups excluding carboxylic acids is 1. The number of benzene rings is 2. The molecule has 2 bridgehead atoms. The fraction of sp³-hybridized carbons (Fsp3) is 0.500. The van der Waals surface area contributed by atoms with Crippen molar-refractivity contribution in [2.24, 2.45) is 17.8 Å². The van der Waals surface area contributed by atoms with Gasteiger partial charge in [-0.2, -0.15) is 0 Å². The van der Waals surface area contributed by atoms with Gasteiger partial charge < -0.3 is 10.4 Å². The van der Waals surface area contributed by atoms with Crippen molar-refractivity contribution in [3.63, 3.8) is 0 Å². The number of halogens is 2. The van der Waals surface area contributed by atoms with Crippen molar-refractivity contribution in [3.05, 3.63) is 58.4 Å². The Hall–Kier alpha value is -1.96. The van der Waals surface area contributed by atoms with Crippen molar-refractivity contribution in [2.75, 3.05) is 5.32 Å². The second-order valence-corrected chi connectivity index (χ2v) is 13.1. The van der Waals surface area contributed by atoms with E-state index in [0.717, 1.165) is 19.3 Å². The van der Waals surface area contributed by atoms with Gasteiger partial charge in [-0.05, 0) is 105 Å². The zero-order valence-electron chi connectivity index (χ0n) is 19.2. The molecule has 0 aromatic heterocycles. The fourth-order valence-electron chi connectivity index (χ4n) is 6.06. The molecule has 2 aromatic rings. The summed E-state index contributed by atoms with van der Waals surface area (Å²) in [4.78, 5) is 12.9. The summed E-state index contributed by atoms with van der Waals surface area (Å²) in [5.74, 6) is -0.486. The van der Waals surface area contributed by atoms with Crippen LogP contribution >= 0.6 is 11.6 Å². The third kappa shape index (κ3) is 4.06. The SMILES string of the molecule is C[C@H]1CC2CC(S(=O)(=O)c3cc(C(=O)Nc4ccc(F)c(C5CC5)c4)ccc3Cl)CC1[C@]2(C)O. The van der Waals surface area contributed by atoms with Crippen molar-refractivity contribution >= 4 is 33.0 Å². The zero-order valence-corrected chi connectivity index (χ0v) is 20.8.